The van der Waals surface area contributed by atoms with E-state index in [4.69, 9.17) is 10.6 Å². The zero-order valence-electron chi connectivity index (χ0n) is 16.6. The lowest BCUT2D eigenvalue weighted by atomic mass is 10.0. The molecule has 0 aliphatic rings. The molecular weight excluding hydrogens is 456 g/mol. The second kappa shape index (κ2) is 9.10. The van der Waals surface area contributed by atoms with Crippen molar-refractivity contribution in [3.05, 3.63) is 78.4 Å². The van der Waals surface area contributed by atoms with Crippen molar-refractivity contribution in [1.29, 1.82) is 0 Å². The Kier molecular flexibility index (Phi) is 6.67. The van der Waals surface area contributed by atoms with Crippen molar-refractivity contribution in [1.82, 2.24) is 0 Å². The van der Waals surface area contributed by atoms with Crippen molar-refractivity contribution in [3.8, 4) is 11.1 Å². The maximum Gasteiger partial charge on any atom is 0.295 e. The van der Waals surface area contributed by atoms with Crippen LogP contribution in [0.15, 0.2) is 77.0 Å². The van der Waals surface area contributed by atoms with E-state index < -0.39 is 30.0 Å². The fourth-order valence-electron chi connectivity index (χ4n) is 2.95. The van der Waals surface area contributed by atoms with Crippen molar-refractivity contribution < 1.29 is 30.8 Å². The molecule has 0 amide bonds. The minimum Gasteiger partial charge on any atom is -0.399 e. The molecule has 32 heavy (non-hydrogen) atoms. The molecule has 9 nitrogen and oxygen atoms in total. The van der Waals surface area contributed by atoms with E-state index in [0.29, 0.717) is 0 Å². The van der Waals surface area contributed by atoms with E-state index in [2.05, 4.69) is 12.1 Å². The Balaban J connectivity index is 1.93. The van der Waals surface area contributed by atoms with Crippen LogP contribution >= 0.6 is 0 Å². The van der Waals surface area contributed by atoms with Crippen LogP contribution in [0.25, 0.3) is 17.2 Å². The highest BCUT2D eigenvalue weighted by molar-refractivity contribution is 7.86. The first-order chi connectivity index (χ1) is 15.0. The van der Waals surface area contributed by atoms with Gasteiger partial charge in [0.2, 0.25) is 0 Å². The van der Waals surface area contributed by atoms with Crippen LogP contribution in [-0.4, -0.2) is 25.9 Å². The van der Waals surface area contributed by atoms with E-state index in [-0.39, 0.29) is 29.1 Å². The fourth-order valence-corrected chi connectivity index (χ4v) is 4.42. The van der Waals surface area contributed by atoms with Crippen molar-refractivity contribution >= 4 is 37.7 Å². The van der Waals surface area contributed by atoms with Gasteiger partial charge >= 0.3 is 0 Å². The monoisotopic (exact) mass is 476 g/mol. The molecule has 0 radical (unpaired) electrons. The van der Waals surface area contributed by atoms with Gasteiger partial charge in [-0.3, -0.25) is 19.4 Å². The summed E-state index contributed by atoms with van der Waals surface area (Å²) in [4.78, 5) is 4.20. The molecule has 0 heterocycles. The van der Waals surface area contributed by atoms with E-state index in [0.717, 1.165) is 23.3 Å². The van der Waals surface area contributed by atoms with Gasteiger partial charge in [-0.1, -0.05) is 49.1 Å². The lowest BCUT2D eigenvalue weighted by Gasteiger charge is -2.14. The number of hydrogen-bond acceptors (Lipinski definition) is 7. The van der Waals surface area contributed by atoms with Gasteiger partial charge in [0.15, 0.2) is 0 Å². The standard InChI is InChI=1S/C21H20N2O7S2/c1-2-14-3-5-15(6-4-14)13-30-23-17-8-10-19(21(12-17)32(27,28)29)18-9-7-16(22)11-20(18)31(24,25)26/h2-12,23H,1,13,22H2,(H,24,25,26)(H,27,28,29). The molecule has 0 spiro atoms. The van der Waals surface area contributed by atoms with E-state index in [9.17, 15) is 25.9 Å². The van der Waals surface area contributed by atoms with Crippen LogP contribution in [-0.2, 0) is 31.7 Å². The van der Waals surface area contributed by atoms with Crippen LogP contribution in [0.1, 0.15) is 11.1 Å². The minimum absolute atomic E-state index is 0.0441. The molecule has 0 fully saturated rings. The topological polar surface area (TPSA) is 156 Å². The Labute approximate surface area is 185 Å². The smallest absolute Gasteiger partial charge is 0.295 e. The van der Waals surface area contributed by atoms with Crippen molar-refractivity contribution in [2.24, 2.45) is 0 Å². The van der Waals surface area contributed by atoms with Crippen LogP contribution in [0.3, 0.4) is 0 Å². The van der Waals surface area contributed by atoms with Gasteiger partial charge in [0, 0.05) is 16.8 Å². The van der Waals surface area contributed by atoms with Crippen LogP contribution in [0.4, 0.5) is 11.4 Å². The maximum absolute atomic E-state index is 12.0. The van der Waals surface area contributed by atoms with Crippen LogP contribution < -0.4 is 11.2 Å². The third-order valence-electron chi connectivity index (χ3n) is 4.48. The summed E-state index contributed by atoms with van der Waals surface area (Å²) >= 11 is 0. The molecule has 3 aromatic rings. The summed E-state index contributed by atoms with van der Waals surface area (Å²) in [5.41, 5.74) is 9.90. The fraction of sp³-hybridized carbons (Fsp3) is 0.0476. The van der Waals surface area contributed by atoms with E-state index in [1.54, 1.807) is 6.08 Å². The maximum atomic E-state index is 12.0. The number of nitrogens with two attached hydrogens (primary N) is 1. The van der Waals surface area contributed by atoms with Crippen LogP contribution in [0.2, 0.25) is 0 Å². The zero-order valence-corrected chi connectivity index (χ0v) is 18.2. The molecule has 3 aromatic carbocycles. The second-order valence-electron chi connectivity index (χ2n) is 6.75. The molecular formula is C21H20N2O7S2. The van der Waals surface area contributed by atoms with Gasteiger partial charge in [-0.2, -0.15) is 16.8 Å². The van der Waals surface area contributed by atoms with Gasteiger partial charge in [0.25, 0.3) is 20.2 Å². The number of anilines is 2. The Morgan fingerprint density at radius 2 is 1.44 bits per heavy atom. The molecule has 0 aliphatic carbocycles. The summed E-state index contributed by atoms with van der Waals surface area (Å²) in [6, 6.07) is 14.7. The SMILES string of the molecule is C=Cc1ccc(CONc2ccc(-c3ccc(N)cc3S(=O)(=O)O)c(S(=O)(=O)O)c2)cc1. The normalized spacial score (nSPS) is 11.8. The first-order valence-corrected chi connectivity index (χ1v) is 11.9. The van der Waals surface area contributed by atoms with Crippen molar-refractivity contribution in [2.75, 3.05) is 11.2 Å². The molecule has 5 N–H and O–H groups in total. The van der Waals surface area contributed by atoms with Gasteiger partial charge in [-0.05, 0) is 35.4 Å². The van der Waals surface area contributed by atoms with Gasteiger partial charge < -0.3 is 5.73 Å². The number of rotatable bonds is 8. The molecule has 3 rings (SSSR count). The summed E-state index contributed by atoms with van der Waals surface area (Å²) in [7, 11) is -9.50. The predicted molar refractivity (Wildman–Crippen MR) is 121 cm³/mol. The van der Waals surface area contributed by atoms with Gasteiger partial charge in [-0.15, -0.1) is 0 Å². The number of hydrogen-bond donors (Lipinski definition) is 4. The summed E-state index contributed by atoms with van der Waals surface area (Å²) in [6.07, 6.45) is 1.70. The Morgan fingerprint density at radius 3 is 2.00 bits per heavy atom. The second-order valence-corrected chi connectivity index (χ2v) is 9.53. The quantitative estimate of drug-likeness (QED) is 0.217. The first-order valence-electron chi connectivity index (χ1n) is 9.07. The van der Waals surface area contributed by atoms with E-state index in [1.807, 2.05) is 24.3 Å². The minimum atomic E-state index is -4.77. The van der Waals surface area contributed by atoms with Gasteiger partial charge in [-0.25, -0.2) is 0 Å². The van der Waals surface area contributed by atoms with E-state index >= 15 is 0 Å². The number of benzene rings is 3. The number of nitrogens with one attached hydrogen (secondary N) is 1. The van der Waals surface area contributed by atoms with Crippen LogP contribution in [0.5, 0.6) is 0 Å². The van der Waals surface area contributed by atoms with Crippen molar-refractivity contribution in [2.45, 2.75) is 16.4 Å². The van der Waals surface area contributed by atoms with E-state index in [1.165, 1.54) is 24.3 Å². The summed E-state index contributed by atoms with van der Waals surface area (Å²) in [5.74, 6) is 0. The highest BCUT2D eigenvalue weighted by Gasteiger charge is 2.23. The molecule has 0 unspecified atom stereocenters. The molecule has 168 valence electrons. The first kappa shape index (κ1) is 23.4. The average molecular weight is 477 g/mol. The average Bonchev–Trinajstić information content (AvgIpc) is 2.73. The Bertz CT molecular complexity index is 1370. The Hall–Kier alpha value is -3.22. The number of nitrogen functional groups attached to an aromatic ring is 1. The largest absolute Gasteiger partial charge is 0.399 e. The van der Waals surface area contributed by atoms with Crippen molar-refractivity contribution in [3.63, 3.8) is 0 Å². The molecule has 0 saturated heterocycles. The third-order valence-corrected chi connectivity index (χ3v) is 6.26. The van der Waals surface area contributed by atoms with Gasteiger partial charge in [0.1, 0.15) is 9.79 Å². The van der Waals surface area contributed by atoms with Gasteiger partial charge in [0.05, 0.1) is 12.3 Å². The zero-order chi connectivity index (χ0) is 23.5. The highest BCUT2D eigenvalue weighted by Crippen LogP contribution is 2.35. The molecule has 0 aliphatic heterocycles. The summed E-state index contributed by atoms with van der Waals surface area (Å²) in [6.45, 7) is 3.83. The molecule has 0 atom stereocenters. The highest BCUT2D eigenvalue weighted by atomic mass is 32.2. The van der Waals surface area contributed by atoms with Crippen LogP contribution in [0, 0.1) is 0 Å². The predicted octanol–water partition coefficient (Wildman–Crippen LogP) is 3.62. The lowest BCUT2D eigenvalue weighted by molar-refractivity contribution is 0.180. The third kappa shape index (κ3) is 5.52. The summed E-state index contributed by atoms with van der Waals surface area (Å²) in [5, 5.41) is 0. The molecule has 11 heteroatoms. The Morgan fingerprint density at radius 1 is 0.875 bits per heavy atom. The molecule has 0 saturated carbocycles. The molecule has 0 aromatic heterocycles. The summed E-state index contributed by atoms with van der Waals surface area (Å²) < 4.78 is 66.8. The lowest BCUT2D eigenvalue weighted by Crippen LogP contribution is -2.07. The molecule has 0 bridgehead atoms.